The van der Waals surface area contributed by atoms with Gasteiger partial charge < -0.3 is 14.7 Å². The van der Waals surface area contributed by atoms with E-state index in [4.69, 9.17) is 0 Å². The first kappa shape index (κ1) is 15.6. The summed E-state index contributed by atoms with van der Waals surface area (Å²) in [5, 5.41) is 0. The van der Waals surface area contributed by atoms with Crippen molar-refractivity contribution in [3.8, 4) is 0 Å². The van der Waals surface area contributed by atoms with E-state index in [2.05, 4.69) is 9.97 Å². The lowest BCUT2D eigenvalue weighted by Gasteiger charge is -2.44. The second-order valence-corrected chi connectivity index (χ2v) is 8.78. The van der Waals surface area contributed by atoms with Gasteiger partial charge in [-0.15, -0.1) is 0 Å². The molecular formula is C15H21N5O3S. The van der Waals surface area contributed by atoms with Crippen molar-refractivity contribution in [2.24, 2.45) is 0 Å². The lowest BCUT2D eigenvalue weighted by atomic mass is 10.1. The van der Waals surface area contributed by atoms with E-state index >= 15 is 0 Å². The Morgan fingerprint density at radius 2 is 1.67 bits per heavy atom. The Morgan fingerprint density at radius 1 is 1.00 bits per heavy atom. The number of piperazine rings is 1. The molecule has 0 bridgehead atoms. The average Bonchev–Trinajstić information content (AvgIpc) is 3.20. The van der Waals surface area contributed by atoms with Gasteiger partial charge in [0, 0.05) is 38.6 Å². The number of rotatable bonds is 1. The number of carbonyl (C=O) groups excluding carboxylic acids is 1. The highest BCUT2D eigenvalue weighted by molar-refractivity contribution is 7.91. The Balaban J connectivity index is 1.62. The number of fused-ring (bicyclic) bond motifs is 1. The minimum Gasteiger partial charge on any atom is -0.333 e. The van der Waals surface area contributed by atoms with Crippen LogP contribution in [0.25, 0.3) is 0 Å². The van der Waals surface area contributed by atoms with Gasteiger partial charge in [0.05, 0.1) is 23.6 Å². The average molecular weight is 351 g/mol. The van der Waals surface area contributed by atoms with Crippen LogP contribution in [0, 0.1) is 0 Å². The molecule has 8 nitrogen and oxygen atoms in total. The number of amides is 2. The van der Waals surface area contributed by atoms with E-state index in [0.29, 0.717) is 19.0 Å². The van der Waals surface area contributed by atoms with Crippen LogP contribution in [0.4, 0.5) is 10.7 Å². The van der Waals surface area contributed by atoms with E-state index in [9.17, 15) is 13.2 Å². The lowest BCUT2D eigenvalue weighted by Crippen LogP contribution is -2.63. The van der Waals surface area contributed by atoms with Crippen LogP contribution in [-0.4, -0.2) is 84.0 Å². The molecule has 0 N–H and O–H groups in total. The van der Waals surface area contributed by atoms with Gasteiger partial charge in [-0.05, 0) is 18.9 Å². The molecule has 1 aromatic rings. The normalized spacial score (nSPS) is 28.9. The summed E-state index contributed by atoms with van der Waals surface area (Å²) in [6.45, 7) is 2.60. The molecule has 0 saturated carbocycles. The Labute approximate surface area is 141 Å². The Kier molecular flexibility index (Phi) is 3.82. The van der Waals surface area contributed by atoms with Crippen molar-refractivity contribution >= 4 is 21.8 Å². The maximum absolute atomic E-state index is 12.8. The van der Waals surface area contributed by atoms with E-state index in [1.165, 1.54) is 0 Å². The monoisotopic (exact) mass is 351 g/mol. The molecule has 3 aliphatic heterocycles. The van der Waals surface area contributed by atoms with Crippen molar-refractivity contribution in [2.75, 3.05) is 42.6 Å². The van der Waals surface area contributed by atoms with E-state index in [1.807, 2.05) is 9.80 Å². The van der Waals surface area contributed by atoms with Gasteiger partial charge in [-0.1, -0.05) is 0 Å². The standard InChI is InChI=1S/C15H21N5O3S/c21-15(18-6-1-2-7-18)20-9-8-19(14-16-4-3-5-17-14)12-10-24(22,23)11-13(12)20/h3-5,12-13H,1-2,6-11H2/t12-,13+/m1/s1. The third-order valence-corrected chi connectivity index (χ3v) is 6.81. The molecule has 1 aromatic heterocycles. The van der Waals surface area contributed by atoms with Crippen molar-refractivity contribution in [1.82, 2.24) is 19.8 Å². The molecule has 3 saturated heterocycles. The van der Waals surface area contributed by atoms with Gasteiger partial charge in [-0.3, -0.25) is 0 Å². The van der Waals surface area contributed by atoms with Crippen molar-refractivity contribution < 1.29 is 13.2 Å². The summed E-state index contributed by atoms with van der Waals surface area (Å²) in [6, 6.07) is 1.13. The van der Waals surface area contributed by atoms with Crippen LogP contribution in [0.15, 0.2) is 18.5 Å². The molecule has 9 heteroatoms. The molecule has 0 unspecified atom stereocenters. The summed E-state index contributed by atoms with van der Waals surface area (Å²) in [5.74, 6) is 0.623. The molecule has 3 aliphatic rings. The van der Waals surface area contributed by atoms with E-state index in [0.717, 1.165) is 25.9 Å². The van der Waals surface area contributed by atoms with E-state index in [1.54, 1.807) is 23.4 Å². The maximum atomic E-state index is 12.8. The van der Waals surface area contributed by atoms with Gasteiger partial charge in [-0.2, -0.15) is 0 Å². The number of sulfone groups is 1. The van der Waals surface area contributed by atoms with Crippen LogP contribution in [0.1, 0.15) is 12.8 Å². The molecule has 0 radical (unpaired) electrons. The number of likely N-dealkylation sites (tertiary alicyclic amines) is 1. The molecule has 0 spiro atoms. The minimum atomic E-state index is -3.17. The smallest absolute Gasteiger partial charge is 0.320 e. The number of urea groups is 1. The first-order valence-corrected chi connectivity index (χ1v) is 10.2. The third-order valence-electron chi connectivity index (χ3n) is 5.11. The van der Waals surface area contributed by atoms with Gasteiger partial charge in [0.15, 0.2) is 9.84 Å². The van der Waals surface area contributed by atoms with E-state index < -0.39 is 9.84 Å². The van der Waals surface area contributed by atoms with E-state index in [-0.39, 0.29) is 29.6 Å². The van der Waals surface area contributed by atoms with Crippen molar-refractivity contribution in [1.29, 1.82) is 0 Å². The van der Waals surface area contributed by atoms with Gasteiger partial charge in [0.1, 0.15) is 0 Å². The lowest BCUT2D eigenvalue weighted by molar-refractivity contribution is 0.131. The number of aromatic nitrogens is 2. The molecule has 3 fully saturated rings. The SMILES string of the molecule is O=C(N1CCCC1)N1CCN(c2ncccn2)[C@@H]2CS(=O)(=O)C[C@@H]21. The summed E-state index contributed by atoms with van der Waals surface area (Å²) < 4.78 is 24.5. The van der Waals surface area contributed by atoms with Gasteiger partial charge in [0.25, 0.3) is 0 Å². The highest BCUT2D eigenvalue weighted by atomic mass is 32.2. The van der Waals surface area contributed by atoms with Gasteiger partial charge >= 0.3 is 6.03 Å². The molecular weight excluding hydrogens is 330 g/mol. The zero-order valence-corrected chi connectivity index (χ0v) is 14.2. The number of nitrogens with zero attached hydrogens (tertiary/aromatic N) is 5. The zero-order chi connectivity index (χ0) is 16.7. The minimum absolute atomic E-state index is 0.0202. The number of carbonyl (C=O) groups is 1. The second-order valence-electron chi connectivity index (χ2n) is 6.62. The number of anilines is 1. The van der Waals surface area contributed by atoms with Crippen LogP contribution < -0.4 is 4.90 Å². The molecule has 2 atom stereocenters. The van der Waals surface area contributed by atoms with Crippen LogP contribution in [-0.2, 0) is 9.84 Å². The topological polar surface area (TPSA) is 86.7 Å². The summed E-state index contributed by atoms with van der Waals surface area (Å²) >= 11 is 0. The van der Waals surface area contributed by atoms with Crippen molar-refractivity contribution in [2.45, 2.75) is 24.9 Å². The quantitative estimate of drug-likeness (QED) is 0.707. The Bertz CT molecular complexity index is 720. The highest BCUT2D eigenvalue weighted by Gasteiger charge is 2.49. The summed E-state index contributed by atoms with van der Waals surface area (Å²) in [7, 11) is -3.17. The summed E-state index contributed by atoms with van der Waals surface area (Å²) in [6.07, 6.45) is 5.36. The second kappa shape index (κ2) is 5.87. The predicted molar refractivity (Wildman–Crippen MR) is 88.5 cm³/mol. The highest BCUT2D eigenvalue weighted by Crippen LogP contribution is 2.30. The fourth-order valence-electron chi connectivity index (χ4n) is 3.97. The van der Waals surface area contributed by atoms with Gasteiger partial charge in [0.2, 0.25) is 5.95 Å². The summed E-state index contributed by atoms with van der Waals surface area (Å²) in [4.78, 5) is 26.9. The number of hydrogen-bond acceptors (Lipinski definition) is 6. The molecule has 24 heavy (non-hydrogen) atoms. The molecule has 130 valence electrons. The number of hydrogen-bond donors (Lipinski definition) is 0. The zero-order valence-electron chi connectivity index (χ0n) is 13.4. The Morgan fingerprint density at radius 3 is 2.38 bits per heavy atom. The molecule has 4 heterocycles. The van der Waals surface area contributed by atoms with Gasteiger partial charge in [-0.25, -0.2) is 23.2 Å². The first-order chi connectivity index (χ1) is 11.6. The molecule has 0 aliphatic carbocycles. The largest absolute Gasteiger partial charge is 0.333 e. The maximum Gasteiger partial charge on any atom is 0.320 e. The fraction of sp³-hybridized carbons (Fsp3) is 0.667. The third kappa shape index (κ3) is 2.70. The summed E-state index contributed by atoms with van der Waals surface area (Å²) in [5.41, 5.74) is 0. The van der Waals surface area contributed by atoms with Crippen molar-refractivity contribution in [3.63, 3.8) is 0 Å². The predicted octanol–water partition coefficient (Wildman–Crippen LogP) is -0.0200. The molecule has 0 aromatic carbocycles. The first-order valence-electron chi connectivity index (χ1n) is 8.35. The van der Waals surface area contributed by atoms with Crippen LogP contribution in [0.2, 0.25) is 0 Å². The van der Waals surface area contributed by atoms with Crippen molar-refractivity contribution in [3.05, 3.63) is 18.5 Å². The molecule has 2 amide bonds. The fourth-order valence-corrected chi connectivity index (χ4v) is 5.95. The van der Waals surface area contributed by atoms with Crippen LogP contribution in [0.5, 0.6) is 0 Å². The van der Waals surface area contributed by atoms with Crippen LogP contribution >= 0.6 is 0 Å². The Hall–Kier alpha value is -1.90. The molecule has 4 rings (SSSR count). The van der Waals surface area contributed by atoms with Crippen LogP contribution in [0.3, 0.4) is 0 Å².